The fourth-order valence-corrected chi connectivity index (χ4v) is 5.11. The van der Waals surface area contributed by atoms with E-state index in [1.165, 1.54) is 18.2 Å². The van der Waals surface area contributed by atoms with Crippen molar-refractivity contribution < 1.29 is 16.8 Å². The molecule has 0 saturated heterocycles. The number of nitrogens with one attached hydrogen (secondary N) is 1. The summed E-state index contributed by atoms with van der Waals surface area (Å²) < 4.78 is 51.5. The van der Waals surface area contributed by atoms with Crippen molar-refractivity contribution in [3.63, 3.8) is 0 Å². The number of hydrogen-bond acceptors (Lipinski definition) is 4. The van der Waals surface area contributed by atoms with Gasteiger partial charge >= 0.3 is 9.06 Å². The van der Waals surface area contributed by atoms with E-state index in [9.17, 15) is 16.8 Å². The van der Waals surface area contributed by atoms with Crippen molar-refractivity contribution in [2.45, 2.75) is 11.8 Å². The van der Waals surface area contributed by atoms with Crippen molar-refractivity contribution in [2.75, 3.05) is 4.72 Å². The highest BCUT2D eigenvalue weighted by atomic mass is 33.2. The van der Waals surface area contributed by atoms with Gasteiger partial charge in [-0.15, -0.1) is 0 Å². The van der Waals surface area contributed by atoms with Crippen LogP contribution in [0.25, 0.3) is 10.8 Å². The molecule has 1 N–H and O–H groups in total. The van der Waals surface area contributed by atoms with Crippen molar-refractivity contribution in [1.82, 2.24) is 0 Å². The molecule has 0 unspecified atom stereocenters. The number of rotatable bonds is 4. The lowest BCUT2D eigenvalue weighted by Gasteiger charge is -2.09. The quantitative estimate of drug-likeness (QED) is 0.725. The van der Waals surface area contributed by atoms with Gasteiger partial charge in [0.25, 0.3) is 8.87 Å². The second kappa shape index (κ2) is 5.92. The van der Waals surface area contributed by atoms with Crippen molar-refractivity contribution >= 4 is 34.4 Å². The number of aryl methyl sites for hydroxylation is 1. The van der Waals surface area contributed by atoms with E-state index in [2.05, 4.69) is 10.8 Å². The molecular weight excluding hydrogens is 346 g/mol. The van der Waals surface area contributed by atoms with Gasteiger partial charge in [-0.3, -0.25) is 4.72 Å². The van der Waals surface area contributed by atoms with Gasteiger partial charge < -0.3 is 0 Å². The summed E-state index contributed by atoms with van der Waals surface area (Å²) in [7, 11) is -9.22. The van der Waals surface area contributed by atoms with Gasteiger partial charge in [-0.2, -0.15) is 8.42 Å². The van der Waals surface area contributed by atoms with E-state index in [1.54, 1.807) is 37.3 Å². The van der Waals surface area contributed by atoms with Crippen LogP contribution in [-0.4, -0.2) is 16.8 Å². The van der Waals surface area contributed by atoms with Gasteiger partial charge in [0.2, 0.25) is 0 Å². The SMILES string of the molecule is Cc1ccc(S(=O)(=O)S(=O)(=O)Nc2[c]c3ccccc3cc2)cc1. The van der Waals surface area contributed by atoms with Crippen molar-refractivity contribution in [2.24, 2.45) is 0 Å². The fraction of sp³-hybridized carbons (Fsp3) is 0.0588. The maximum atomic E-state index is 12.4. The van der Waals surface area contributed by atoms with E-state index in [0.29, 0.717) is 5.39 Å². The minimum atomic E-state index is -4.66. The standard InChI is InChI=1S/C17H14NO4S2/c1-13-6-10-17(11-7-13)23(19,20)24(21,22)18-16-9-8-14-4-2-3-5-15(14)12-16/h2-11,18H,1H3. The van der Waals surface area contributed by atoms with Crippen LogP contribution in [0, 0.1) is 13.0 Å². The lowest BCUT2D eigenvalue weighted by Crippen LogP contribution is -2.23. The van der Waals surface area contributed by atoms with Gasteiger partial charge in [0, 0.05) is 6.07 Å². The summed E-state index contributed by atoms with van der Waals surface area (Å²) in [6.07, 6.45) is 0. The normalized spacial score (nSPS) is 12.2. The molecule has 0 aliphatic carbocycles. The molecule has 0 aliphatic heterocycles. The van der Waals surface area contributed by atoms with Crippen LogP contribution in [0.15, 0.2) is 65.6 Å². The third kappa shape index (κ3) is 3.00. The van der Waals surface area contributed by atoms with Crippen molar-refractivity contribution in [1.29, 1.82) is 0 Å². The van der Waals surface area contributed by atoms with Crippen molar-refractivity contribution in [3.05, 3.63) is 72.3 Å². The Hall–Kier alpha value is -2.38. The monoisotopic (exact) mass is 360 g/mol. The lowest BCUT2D eigenvalue weighted by atomic mass is 10.1. The predicted octanol–water partition coefficient (Wildman–Crippen LogP) is 3.08. The Balaban J connectivity index is 1.98. The van der Waals surface area contributed by atoms with Crippen LogP contribution in [0.2, 0.25) is 0 Å². The van der Waals surface area contributed by atoms with Gasteiger partial charge in [0.05, 0.1) is 10.6 Å². The average Bonchev–Trinajstić information content (AvgIpc) is 2.54. The Labute approximate surface area is 140 Å². The first kappa shape index (κ1) is 16.5. The molecule has 0 spiro atoms. The van der Waals surface area contributed by atoms with Crippen LogP contribution in [0.3, 0.4) is 0 Å². The molecule has 0 saturated carbocycles. The van der Waals surface area contributed by atoms with Crippen LogP contribution in [0.4, 0.5) is 5.69 Å². The van der Waals surface area contributed by atoms with Gasteiger partial charge in [0.15, 0.2) is 0 Å². The molecule has 3 rings (SSSR count). The summed E-state index contributed by atoms with van der Waals surface area (Å²) in [4.78, 5) is -0.276. The number of benzene rings is 3. The molecule has 0 heterocycles. The van der Waals surface area contributed by atoms with E-state index in [0.717, 1.165) is 10.9 Å². The number of fused-ring (bicyclic) bond motifs is 1. The zero-order chi connectivity index (χ0) is 17.4. The average molecular weight is 360 g/mol. The molecular formula is C17H14NO4S2. The Bertz CT molecular complexity index is 1100. The molecule has 123 valence electrons. The van der Waals surface area contributed by atoms with E-state index < -0.39 is 17.9 Å². The van der Waals surface area contributed by atoms with Crippen LogP contribution in [0.5, 0.6) is 0 Å². The summed E-state index contributed by atoms with van der Waals surface area (Å²) in [6.45, 7) is 1.78. The second-order valence-electron chi connectivity index (χ2n) is 5.28. The molecule has 0 bridgehead atoms. The molecule has 24 heavy (non-hydrogen) atoms. The molecule has 0 fully saturated rings. The summed E-state index contributed by atoms with van der Waals surface area (Å²) >= 11 is 0. The van der Waals surface area contributed by atoms with Crippen molar-refractivity contribution in [3.8, 4) is 0 Å². The summed E-state index contributed by atoms with van der Waals surface area (Å²) in [6, 6.07) is 18.9. The van der Waals surface area contributed by atoms with Crippen LogP contribution >= 0.6 is 0 Å². The first-order valence-electron chi connectivity index (χ1n) is 7.05. The molecule has 0 aliphatic rings. The fourth-order valence-electron chi connectivity index (χ4n) is 2.20. The molecule has 1 radical (unpaired) electrons. The minimum absolute atomic E-state index is 0.0735. The molecule has 5 nitrogen and oxygen atoms in total. The van der Waals surface area contributed by atoms with Crippen LogP contribution < -0.4 is 4.72 Å². The van der Waals surface area contributed by atoms with E-state index >= 15 is 0 Å². The molecule has 3 aromatic carbocycles. The Morgan fingerprint density at radius 3 is 2.21 bits per heavy atom. The third-order valence-electron chi connectivity index (χ3n) is 3.49. The highest BCUT2D eigenvalue weighted by Crippen LogP contribution is 2.23. The maximum absolute atomic E-state index is 12.4. The van der Waals surface area contributed by atoms with Gasteiger partial charge in [-0.1, -0.05) is 48.0 Å². The zero-order valence-electron chi connectivity index (χ0n) is 12.7. The first-order chi connectivity index (χ1) is 11.3. The third-order valence-corrected chi connectivity index (χ3v) is 7.95. The Kier molecular flexibility index (Phi) is 4.06. The second-order valence-corrected chi connectivity index (χ2v) is 10.4. The molecule has 0 aromatic heterocycles. The van der Waals surface area contributed by atoms with Gasteiger partial charge in [0.1, 0.15) is 0 Å². The van der Waals surface area contributed by atoms with E-state index in [-0.39, 0.29) is 10.6 Å². The van der Waals surface area contributed by atoms with Gasteiger partial charge in [-0.25, -0.2) is 8.42 Å². The Morgan fingerprint density at radius 2 is 1.50 bits per heavy atom. The zero-order valence-corrected chi connectivity index (χ0v) is 14.4. The molecule has 0 amide bonds. The van der Waals surface area contributed by atoms with Gasteiger partial charge in [-0.05, 0) is 35.9 Å². The highest BCUT2D eigenvalue weighted by molar-refractivity contribution is 8.67. The van der Waals surface area contributed by atoms with Crippen LogP contribution in [-0.2, 0) is 17.9 Å². The molecule has 3 aromatic rings. The minimum Gasteiger partial charge on any atom is -0.270 e. The molecule has 7 heteroatoms. The topological polar surface area (TPSA) is 80.3 Å². The lowest BCUT2D eigenvalue weighted by molar-refractivity contribution is 0.585. The number of anilines is 1. The summed E-state index contributed by atoms with van der Waals surface area (Å²) in [5.74, 6) is 0. The highest BCUT2D eigenvalue weighted by Gasteiger charge is 2.31. The van der Waals surface area contributed by atoms with E-state index in [4.69, 9.17) is 0 Å². The smallest absolute Gasteiger partial charge is 0.270 e. The predicted molar refractivity (Wildman–Crippen MR) is 93.7 cm³/mol. The van der Waals surface area contributed by atoms with Crippen LogP contribution in [0.1, 0.15) is 5.56 Å². The number of hydrogen-bond donors (Lipinski definition) is 1. The summed E-state index contributed by atoms with van der Waals surface area (Å²) in [5.41, 5.74) is 0.909. The van der Waals surface area contributed by atoms with E-state index in [1.807, 2.05) is 12.1 Å². The largest absolute Gasteiger partial charge is 0.343 e. The maximum Gasteiger partial charge on any atom is 0.343 e. The first-order valence-corrected chi connectivity index (χ1v) is 10.5. The molecule has 0 atom stereocenters. The summed E-state index contributed by atoms with van der Waals surface area (Å²) in [5, 5.41) is 1.56. The Morgan fingerprint density at radius 1 is 0.833 bits per heavy atom.